The molecule has 0 aromatic rings. The van der Waals surface area contributed by atoms with Crippen LogP contribution in [0.15, 0.2) is 11.6 Å². The number of hydrogen-bond donors (Lipinski definition) is 1. The van der Waals surface area contributed by atoms with Crippen LogP contribution < -0.4 is 0 Å². The third-order valence-electron chi connectivity index (χ3n) is 7.78. The predicted molar refractivity (Wildman–Crippen MR) is 89.6 cm³/mol. The first-order valence-electron chi connectivity index (χ1n) is 9.20. The van der Waals surface area contributed by atoms with E-state index in [0.717, 1.165) is 25.7 Å². The van der Waals surface area contributed by atoms with Gasteiger partial charge in [0.15, 0.2) is 0 Å². The number of carbonyl (C=O) groups is 1. The summed E-state index contributed by atoms with van der Waals surface area (Å²) in [5, 5.41) is 9.85. The molecular formula is C20H32O2. The Morgan fingerprint density at radius 2 is 1.95 bits per heavy atom. The molecule has 0 bridgehead atoms. The van der Waals surface area contributed by atoms with Crippen molar-refractivity contribution < 1.29 is 9.90 Å². The maximum atomic E-state index is 12.0. The zero-order valence-electron chi connectivity index (χ0n) is 14.7. The number of carboxylic acid groups (broad SMARTS) is 1. The molecule has 0 aromatic heterocycles. The Labute approximate surface area is 135 Å². The van der Waals surface area contributed by atoms with Crippen LogP contribution in [0.3, 0.4) is 0 Å². The monoisotopic (exact) mass is 304 g/mol. The van der Waals surface area contributed by atoms with Gasteiger partial charge in [0, 0.05) is 0 Å². The lowest BCUT2D eigenvalue weighted by atomic mass is 9.45. The summed E-state index contributed by atoms with van der Waals surface area (Å²) in [5.74, 6) is 0.411. The Morgan fingerprint density at radius 3 is 2.59 bits per heavy atom. The van der Waals surface area contributed by atoms with E-state index < -0.39 is 11.4 Å². The SMILES string of the molecule is CC[C@]1(C)C=C2CC[C@@H]3[C@](C)(CCC[C@@]3(C)C(=O)O)[C@H]2CC1. The molecule has 0 saturated heterocycles. The van der Waals surface area contributed by atoms with Crippen molar-refractivity contribution in [2.24, 2.45) is 28.1 Å². The zero-order valence-corrected chi connectivity index (χ0v) is 14.7. The number of allylic oxidation sites excluding steroid dienone is 2. The van der Waals surface area contributed by atoms with E-state index in [2.05, 4.69) is 26.8 Å². The molecule has 0 unspecified atom stereocenters. The summed E-state index contributed by atoms with van der Waals surface area (Å²) in [6.07, 6.45) is 11.7. The smallest absolute Gasteiger partial charge is 0.309 e. The number of aliphatic carboxylic acids is 1. The van der Waals surface area contributed by atoms with E-state index in [-0.39, 0.29) is 5.41 Å². The van der Waals surface area contributed by atoms with Gasteiger partial charge in [0.25, 0.3) is 0 Å². The Morgan fingerprint density at radius 1 is 1.23 bits per heavy atom. The standard InChI is InChI=1S/C20H32O2/c1-5-18(2)12-9-15-14(13-18)7-8-16-19(15,3)10-6-11-20(16,4)17(21)22/h13,15-16H,5-12H2,1-4H3,(H,21,22)/t15-,16+,18-,19+,20+/m0/s1. The maximum absolute atomic E-state index is 12.0. The fourth-order valence-corrected chi connectivity index (χ4v) is 6.10. The van der Waals surface area contributed by atoms with E-state index in [4.69, 9.17) is 0 Å². The lowest BCUT2D eigenvalue weighted by molar-refractivity contribution is -0.164. The van der Waals surface area contributed by atoms with Crippen LogP contribution in [-0.4, -0.2) is 11.1 Å². The molecule has 3 aliphatic rings. The third-order valence-corrected chi connectivity index (χ3v) is 7.78. The van der Waals surface area contributed by atoms with Crippen LogP contribution >= 0.6 is 0 Å². The number of hydrogen-bond acceptors (Lipinski definition) is 1. The second kappa shape index (κ2) is 5.11. The van der Waals surface area contributed by atoms with Gasteiger partial charge in [0.05, 0.1) is 5.41 Å². The summed E-state index contributed by atoms with van der Waals surface area (Å²) in [6, 6.07) is 0. The van der Waals surface area contributed by atoms with Crippen molar-refractivity contribution in [2.75, 3.05) is 0 Å². The van der Waals surface area contributed by atoms with Gasteiger partial charge >= 0.3 is 5.97 Å². The van der Waals surface area contributed by atoms with E-state index in [1.165, 1.54) is 25.7 Å². The Kier molecular flexibility index (Phi) is 3.73. The molecular weight excluding hydrogens is 272 g/mol. The molecule has 1 N–H and O–H groups in total. The zero-order chi connectivity index (χ0) is 16.2. The number of carboxylic acids is 1. The largest absolute Gasteiger partial charge is 0.481 e. The number of rotatable bonds is 2. The molecule has 0 spiro atoms. The summed E-state index contributed by atoms with van der Waals surface area (Å²) >= 11 is 0. The van der Waals surface area contributed by atoms with Gasteiger partial charge in [0.2, 0.25) is 0 Å². The van der Waals surface area contributed by atoms with Crippen molar-refractivity contribution in [1.29, 1.82) is 0 Å². The number of fused-ring (bicyclic) bond motifs is 3. The van der Waals surface area contributed by atoms with Crippen molar-refractivity contribution in [3.8, 4) is 0 Å². The molecule has 3 aliphatic carbocycles. The minimum atomic E-state index is -0.565. The predicted octanol–water partition coefficient (Wildman–Crippen LogP) is 5.43. The summed E-state index contributed by atoms with van der Waals surface area (Å²) in [4.78, 5) is 12.0. The van der Waals surface area contributed by atoms with E-state index in [1.807, 2.05) is 6.92 Å². The van der Waals surface area contributed by atoms with E-state index >= 15 is 0 Å². The summed E-state index contributed by atoms with van der Waals surface area (Å²) < 4.78 is 0. The normalized spacial score (nSPS) is 48.1. The van der Waals surface area contributed by atoms with Gasteiger partial charge in [-0.15, -0.1) is 0 Å². The molecule has 0 aliphatic heterocycles. The Bertz CT molecular complexity index is 508. The summed E-state index contributed by atoms with van der Waals surface area (Å²) in [5.41, 5.74) is 1.72. The van der Waals surface area contributed by atoms with E-state index in [0.29, 0.717) is 17.3 Å². The van der Waals surface area contributed by atoms with Gasteiger partial charge in [-0.2, -0.15) is 0 Å². The molecule has 2 nitrogen and oxygen atoms in total. The maximum Gasteiger partial charge on any atom is 0.309 e. The van der Waals surface area contributed by atoms with Gasteiger partial charge in [-0.1, -0.05) is 38.8 Å². The highest BCUT2D eigenvalue weighted by Crippen LogP contribution is 2.64. The van der Waals surface area contributed by atoms with Crippen molar-refractivity contribution in [1.82, 2.24) is 0 Å². The quantitative estimate of drug-likeness (QED) is 0.691. The second-order valence-electron chi connectivity index (χ2n) is 8.99. The molecule has 2 fully saturated rings. The lowest BCUT2D eigenvalue weighted by Crippen LogP contribution is -2.54. The van der Waals surface area contributed by atoms with Crippen molar-refractivity contribution >= 4 is 5.97 Å². The minimum Gasteiger partial charge on any atom is -0.481 e. The summed E-state index contributed by atoms with van der Waals surface area (Å²) in [6.45, 7) is 9.12. The molecule has 124 valence electrons. The van der Waals surface area contributed by atoms with Crippen molar-refractivity contribution in [3.05, 3.63) is 11.6 Å². The molecule has 22 heavy (non-hydrogen) atoms. The minimum absolute atomic E-state index is 0.199. The second-order valence-corrected chi connectivity index (χ2v) is 8.99. The molecule has 0 amide bonds. The third kappa shape index (κ3) is 2.17. The van der Waals surface area contributed by atoms with Crippen LogP contribution in [0.2, 0.25) is 0 Å². The lowest BCUT2D eigenvalue weighted by Gasteiger charge is -2.59. The van der Waals surface area contributed by atoms with Crippen LogP contribution in [0.25, 0.3) is 0 Å². The molecule has 3 rings (SSSR count). The molecule has 0 radical (unpaired) electrons. The van der Waals surface area contributed by atoms with Crippen LogP contribution in [-0.2, 0) is 4.79 Å². The van der Waals surface area contributed by atoms with Gasteiger partial charge in [-0.05, 0) is 74.5 Å². The highest BCUT2D eigenvalue weighted by Gasteiger charge is 2.58. The Hall–Kier alpha value is -0.790. The molecule has 2 heteroatoms. The van der Waals surface area contributed by atoms with Crippen LogP contribution in [0.5, 0.6) is 0 Å². The molecule has 0 aromatic carbocycles. The molecule has 0 heterocycles. The van der Waals surface area contributed by atoms with E-state index in [1.54, 1.807) is 5.57 Å². The fourth-order valence-electron chi connectivity index (χ4n) is 6.10. The van der Waals surface area contributed by atoms with Gasteiger partial charge in [0.1, 0.15) is 0 Å². The summed E-state index contributed by atoms with van der Waals surface area (Å²) in [7, 11) is 0. The van der Waals surface area contributed by atoms with Crippen LogP contribution in [0.1, 0.15) is 79.1 Å². The first-order valence-corrected chi connectivity index (χ1v) is 9.20. The average molecular weight is 304 g/mol. The Balaban J connectivity index is 1.97. The van der Waals surface area contributed by atoms with Crippen LogP contribution in [0.4, 0.5) is 0 Å². The molecule has 2 saturated carbocycles. The van der Waals surface area contributed by atoms with Gasteiger partial charge in [-0.3, -0.25) is 4.79 Å². The highest BCUT2D eigenvalue weighted by molar-refractivity contribution is 5.75. The van der Waals surface area contributed by atoms with Crippen molar-refractivity contribution in [2.45, 2.75) is 79.1 Å². The first-order chi connectivity index (χ1) is 10.3. The van der Waals surface area contributed by atoms with Crippen molar-refractivity contribution in [3.63, 3.8) is 0 Å². The van der Waals surface area contributed by atoms with Gasteiger partial charge in [-0.25, -0.2) is 0 Å². The van der Waals surface area contributed by atoms with E-state index in [9.17, 15) is 9.90 Å². The topological polar surface area (TPSA) is 37.3 Å². The van der Waals surface area contributed by atoms with Gasteiger partial charge < -0.3 is 5.11 Å². The fraction of sp³-hybridized carbons (Fsp3) is 0.850. The highest BCUT2D eigenvalue weighted by atomic mass is 16.4. The molecule has 5 atom stereocenters. The average Bonchev–Trinajstić information content (AvgIpc) is 2.46. The first kappa shape index (κ1) is 16.1. The van der Waals surface area contributed by atoms with Crippen LogP contribution in [0, 0.1) is 28.1 Å².